The molecule has 0 fully saturated rings. The number of hydrogen-bond acceptors (Lipinski definition) is 2. The fraction of sp³-hybridized carbons (Fsp3) is 0.667. The largest absolute Gasteiger partial charge is 0.302 e. The van der Waals surface area contributed by atoms with Gasteiger partial charge in [-0.1, -0.05) is 31.9 Å². The second-order valence-electron chi connectivity index (χ2n) is 3.90. The molecule has 1 heterocycles. The number of rotatable bonds is 5. The molecular weight excluding hydrogens is 222 g/mol. The zero-order valence-electron chi connectivity index (χ0n) is 10.1. The topological polar surface area (TPSA) is 41.6 Å². The van der Waals surface area contributed by atoms with E-state index in [9.17, 15) is 0 Å². The van der Waals surface area contributed by atoms with Crippen molar-refractivity contribution in [1.29, 1.82) is 5.26 Å². The molecule has 0 bridgehead atoms. The summed E-state index contributed by atoms with van der Waals surface area (Å²) in [5.41, 5.74) is 0.898. The van der Waals surface area contributed by atoms with Crippen molar-refractivity contribution in [3.8, 4) is 6.07 Å². The van der Waals surface area contributed by atoms with Crippen molar-refractivity contribution in [3.05, 3.63) is 16.7 Å². The van der Waals surface area contributed by atoms with Crippen LogP contribution in [0.15, 0.2) is 0 Å². The second kappa shape index (κ2) is 5.91. The predicted molar refractivity (Wildman–Crippen MR) is 65.6 cm³/mol. The molecule has 1 unspecified atom stereocenters. The molecule has 1 rings (SSSR count). The summed E-state index contributed by atoms with van der Waals surface area (Å²) in [6.45, 7) is 6.02. The van der Waals surface area contributed by atoms with Crippen LogP contribution in [0.3, 0.4) is 0 Å². The van der Waals surface area contributed by atoms with Gasteiger partial charge in [0, 0.05) is 6.42 Å². The van der Waals surface area contributed by atoms with Crippen LogP contribution in [0.1, 0.15) is 51.2 Å². The maximum atomic E-state index is 8.99. The van der Waals surface area contributed by atoms with E-state index in [1.54, 1.807) is 0 Å². The zero-order valence-corrected chi connectivity index (χ0v) is 10.9. The van der Waals surface area contributed by atoms with Gasteiger partial charge in [-0.25, -0.2) is 4.98 Å². The fourth-order valence-electron chi connectivity index (χ4n) is 1.70. The Labute approximate surface area is 102 Å². The standard InChI is InChI=1S/C12H18ClN3/c1-4-6-7-11-15-10(5-2)12(13)16(11)9(3)8-14/h9H,4-7H2,1-3H3. The van der Waals surface area contributed by atoms with Gasteiger partial charge in [-0.15, -0.1) is 0 Å². The summed E-state index contributed by atoms with van der Waals surface area (Å²) < 4.78 is 1.86. The van der Waals surface area contributed by atoms with Crippen LogP contribution in [0.4, 0.5) is 0 Å². The van der Waals surface area contributed by atoms with E-state index in [0.29, 0.717) is 5.15 Å². The van der Waals surface area contributed by atoms with E-state index < -0.39 is 0 Å². The van der Waals surface area contributed by atoms with Crippen molar-refractivity contribution in [2.24, 2.45) is 0 Å². The lowest BCUT2D eigenvalue weighted by Gasteiger charge is -2.10. The Bertz CT molecular complexity index is 390. The third kappa shape index (κ3) is 2.56. The maximum absolute atomic E-state index is 8.99. The fourth-order valence-corrected chi connectivity index (χ4v) is 2.12. The van der Waals surface area contributed by atoms with Gasteiger partial charge in [-0.2, -0.15) is 5.26 Å². The van der Waals surface area contributed by atoms with Crippen LogP contribution in [-0.4, -0.2) is 9.55 Å². The molecule has 1 aromatic heterocycles. The Kier molecular flexibility index (Phi) is 4.82. The SMILES string of the molecule is CCCCc1nc(CC)c(Cl)n1C(C)C#N. The van der Waals surface area contributed by atoms with Crippen molar-refractivity contribution in [3.63, 3.8) is 0 Å². The number of nitriles is 1. The summed E-state index contributed by atoms with van der Waals surface area (Å²) in [7, 11) is 0. The number of aromatic nitrogens is 2. The number of nitrogens with zero attached hydrogens (tertiary/aromatic N) is 3. The highest BCUT2D eigenvalue weighted by Gasteiger charge is 2.17. The number of halogens is 1. The number of aryl methyl sites for hydroxylation is 2. The van der Waals surface area contributed by atoms with Gasteiger partial charge in [-0.05, 0) is 19.8 Å². The predicted octanol–water partition coefficient (Wildman–Crippen LogP) is 3.53. The van der Waals surface area contributed by atoms with Crippen LogP contribution in [0, 0.1) is 11.3 Å². The average molecular weight is 240 g/mol. The molecule has 0 spiro atoms. The van der Waals surface area contributed by atoms with Gasteiger partial charge in [0.05, 0.1) is 11.8 Å². The molecule has 3 nitrogen and oxygen atoms in total. The highest BCUT2D eigenvalue weighted by Crippen LogP contribution is 2.24. The van der Waals surface area contributed by atoms with E-state index in [1.165, 1.54) is 0 Å². The normalized spacial score (nSPS) is 12.4. The quantitative estimate of drug-likeness (QED) is 0.789. The zero-order chi connectivity index (χ0) is 12.1. The first-order valence-corrected chi connectivity index (χ1v) is 6.18. The Morgan fingerprint density at radius 1 is 1.50 bits per heavy atom. The van der Waals surface area contributed by atoms with Crippen LogP contribution in [0.5, 0.6) is 0 Å². The van der Waals surface area contributed by atoms with Crippen LogP contribution in [0.2, 0.25) is 5.15 Å². The molecule has 1 aromatic rings. The van der Waals surface area contributed by atoms with Gasteiger partial charge in [0.2, 0.25) is 0 Å². The summed E-state index contributed by atoms with van der Waals surface area (Å²) in [6, 6.07) is 1.97. The summed E-state index contributed by atoms with van der Waals surface area (Å²) in [5.74, 6) is 0.942. The highest BCUT2D eigenvalue weighted by molar-refractivity contribution is 6.30. The molecule has 16 heavy (non-hydrogen) atoms. The van der Waals surface area contributed by atoms with Crippen LogP contribution in [0.25, 0.3) is 0 Å². The molecule has 0 aliphatic heterocycles. The number of unbranched alkanes of at least 4 members (excludes halogenated alkanes) is 1. The lowest BCUT2D eigenvalue weighted by Crippen LogP contribution is -2.08. The molecule has 0 aliphatic rings. The first-order chi connectivity index (χ1) is 7.65. The van der Waals surface area contributed by atoms with Crippen molar-refractivity contribution < 1.29 is 0 Å². The minimum absolute atomic E-state index is 0.243. The minimum Gasteiger partial charge on any atom is -0.302 e. The summed E-state index contributed by atoms with van der Waals surface area (Å²) in [6.07, 6.45) is 3.90. The first-order valence-electron chi connectivity index (χ1n) is 5.80. The lowest BCUT2D eigenvalue weighted by atomic mass is 10.2. The molecule has 1 atom stereocenters. The van der Waals surface area contributed by atoms with E-state index >= 15 is 0 Å². The third-order valence-corrected chi connectivity index (χ3v) is 3.05. The maximum Gasteiger partial charge on any atom is 0.133 e. The monoisotopic (exact) mass is 239 g/mol. The van der Waals surface area contributed by atoms with E-state index in [4.69, 9.17) is 16.9 Å². The molecule has 0 N–H and O–H groups in total. The molecule has 0 saturated heterocycles. The molecule has 0 aromatic carbocycles. The summed E-state index contributed by atoms with van der Waals surface area (Å²) in [5, 5.41) is 9.61. The molecule has 88 valence electrons. The second-order valence-corrected chi connectivity index (χ2v) is 4.26. The van der Waals surface area contributed by atoms with Crippen LogP contribution in [-0.2, 0) is 12.8 Å². The molecule has 4 heteroatoms. The van der Waals surface area contributed by atoms with Crippen molar-refractivity contribution in [2.45, 2.75) is 52.5 Å². The molecular formula is C12H18ClN3. The molecule has 0 amide bonds. The smallest absolute Gasteiger partial charge is 0.133 e. The van der Waals surface area contributed by atoms with Gasteiger partial charge < -0.3 is 4.57 Å². The molecule has 0 aliphatic carbocycles. The Hall–Kier alpha value is -1.01. The van der Waals surface area contributed by atoms with E-state index in [0.717, 1.165) is 37.2 Å². The summed E-state index contributed by atoms with van der Waals surface area (Å²) >= 11 is 6.23. The van der Waals surface area contributed by atoms with Gasteiger partial charge in [0.1, 0.15) is 17.0 Å². The molecule has 0 saturated carbocycles. The van der Waals surface area contributed by atoms with E-state index in [1.807, 2.05) is 18.4 Å². The van der Waals surface area contributed by atoms with E-state index in [-0.39, 0.29) is 6.04 Å². The Morgan fingerprint density at radius 2 is 2.19 bits per heavy atom. The van der Waals surface area contributed by atoms with Gasteiger partial charge in [0.15, 0.2) is 0 Å². The number of imidazole rings is 1. The van der Waals surface area contributed by atoms with Crippen molar-refractivity contribution in [2.75, 3.05) is 0 Å². The Morgan fingerprint density at radius 3 is 2.69 bits per heavy atom. The third-order valence-electron chi connectivity index (χ3n) is 2.65. The van der Waals surface area contributed by atoms with Crippen molar-refractivity contribution >= 4 is 11.6 Å². The summed E-state index contributed by atoms with van der Waals surface area (Å²) in [4.78, 5) is 4.51. The average Bonchev–Trinajstić information content (AvgIpc) is 2.62. The Balaban J connectivity index is 3.10. The molecule has 0 radical (unpaired) electrons. The van der Waals surface area contributed by atoms with Crippen LogP contribution < -0.4 is 0 Å². The number of hydrogen-bond donors (Lipinski definition) is 0. The lowest BCUT2D eigenvalue weighted by molar-refractivity contribution is 0.612. The minimum atomic E-state index is -0.243. The highest BCUT2D eigenvalue weighted by atomic mass is 35.5. The van der Waals surface area contributed by atoms with Gasteiger partial charge in [0.25, 0.3) is 0 Å². The van der Waals surface area contributed by atoms with Crippen molar-refractivity contribution in [1.82, 2.24) is 9.55 Å². The van der Waals surface area contributed by atoms with Crippen LogP contribution >= 0.6 is 11.6 Å². The first kappa shape index (κ1) is 13.1. The van der Waals surface area contributed by atoms with Gasteiger partial charge in [-0.3, -0.25) is 0 Å². The van der Waals surface area contributed by atoms with Gasteiger partial charge >= 0.3 is 0 Å². The van der Waals surface area contributed by atoms with E-state index in [2.05, 4.69) is 18.0 Å².